The van der Waals surface area contributed by atoms with E-state index in [2.05, 4.69) is 5.32 Å². The van der Waals surface area contributed by atoms with Crippen LogP contribution in [0.15, 0.2) is 15.8 Å². The summed E-state index contributed by atoms with van der Waals surface area (Å²) < 4.78 is 7.00. The Morgan fingerprint density at radius 1 is 1.37 bits per heavy atom. The van der Waals surface area contributed by atoms with Crippen LogP contribution in [0.1, 0.15) is 10.4 Å². The number of ether oxygens (including phenoxy) is 1. The van der Waals surface area contributed by atoms with Crippen LogP contribution < -0.4 is 16.6 Å². The third kappa shape index (κ3) is 3.76. The fourth-order valence-electron chi connectivity index (χ4n) is 1.46. The molecule has 0 bridgehead atoms. The number of aliphatic hydroxyl groups excluding tert-OH is 1. The largest absolute Gasteiger partial charge is 0.394 e. The Balaban J connectivity index is 2.73. The summed E-state index contributed by atoms with van der Waals surface area (Å²) in [7, 11) is 2.77. The summed E-state index contributed by atoms with van der Waals surface area (Å²) in [5.74, 6) is -0.566. The van der Waals surface area contributed by atoms with Gasteiger partial charge in [-0.15, -0.1) is 0 Å². The molecule has 8 nitrogen and oxygen atoms in total. The first kappa shape index (κ1) is 15.1. The lowest BCUT2D eigenvalue weighted by atomic mass is 10.3. The van der Waals surface area contributed by atoms with Crippen molar-refractivity contribution < 1.29 is 14.6 Å². The van der Waals surface area contributed by atoms with Gasteiger partial charge in [-0.05, 0) is 0 Å². The molecule has 19 heavy (non-hydrogen) atoms. The lowest BCUT2D eigenvalue weighted by Gasteiger charge is -2.08. The molecule has 106 valence electrons. The van der Waals surface area contributed by atoms with Gasteiger partial charge in [0.25, 0.3) is 11.5 Å². The fourth-order valence-corrected chi connectivity index (χ4v) is 1.46. The number of aryl methyl sites for hydroxylation is 1. The minimum absolute atomic E-state index is 0.0880. The molecular formula is C11H17N3O5. The number of carbonyl (C=O) groups is 1. The van der Waals surface area contributed by atoms with Crippen LogP contribution in [-0.2, 0) is 18.8 Å². The highest BCUT2D eigenvalue weighted by molar-refractivity contribution is 5.93. The van der Waals surface area contributed by atoms with Gasteiger partial charge in [0.1, 0.15) is 5.56 Å². The summed E-state index contributed by atoms with van der Waals surface area (Å²) in [5.41, 5.74) is -1.24. The minimum Gasteiger partial charge on any atom is -0.394 e. The van der Waals surface area contributed by atoms with Crippen molar-refractivity contribution in [2.75, 3.05) is 26.4 Å². The summed E-state index contributed by atoms with van der Waals surface area (Å²) in [4.78, 5) is 35.0. The molecule has 0 aliphatic rings. The number of aliphatic hydroxyl groups is 1. The first-order valence-electron chi connectivity index (χ1n) is 5.72. The summed E-state index contributed by atoms with van der Waals surface area (Å²) in [6, 6.07) is 0. The molecule has 0 fully saturated rings. The van der Waals surface area contributed by atoms with Crippen LogP contribution in [0.4, 0.5) is 0 Å². The van der Waals surface area contributed by atoms with Crippen molar-refractivity contribution in [3.63, 3.8) is 0 Å². The fraction of sp³-hybridized carbons (Fsp3) is 0.545. The molecule has 1 amide bonds. The van der Waals surface area contributed by atoms with E-state index < -0.39 is 17.2 Å². The average Bonchev–Trinajstić information content (AvgIpc) is 2.40. The molecule has 0 radical (unpaired) electrons. The van der Waals surface area contributed by atoms with E-state index in [1.807, 2.05) is 0 Å². The second-order valence-corrected chi connectivity index (χ2v) is 3.89. The van der Waals surface area contributed by atoms with Crippen LogP contribution in [0.25, 0.3) is 0 Å². The molecule has 0 atom stereocenters. The number of aromatic nitrogens is 2. The maximum Gasteiger partial charge on any atom is 0.330 e. The molecule has 1 rings (SSSR count). The lowest BCUT2D eigenvalue weighted by molar-refractivity contribution is 0.0836. The van der Waals surface area contributed by atoms with Crippen molar-refractivity contribution in [1.82, 2.24) is 14.5 Å². The van der Waals surface area contributed by atoms with Crippen molar-refractivity contribution in [1.29, 1.82) is 0 Å². The molecule has 1 heterocycles. The zero-order valence-electron chi connectivity index (χ0n) is 10.9. The molecule has 0 aliphatic heterocycles. The first-order valence-corrected chi connectivity index (χ1v) is 5.72. The van der Waals surface area contributed by atoms with Gasteiger partial charge in [0.15, 0.2) is 0 Å². The third-order valence-corrected chi connectivity index (χ3v) is 2.46. The Bertz CT molecular complexity index is 560. The molecule has 0 unspecified atom stereocenters. The Labute approximate surface area is 109 Å². The molecular weight excluding hydrogens is 254 g/mol. The van der Waals surface area contributed by atoms with Crippen molar-refractivity contribution in [3.8, 4) is 0 Å². The van der Waals surface area contributed by atoms with Crippen molar-refractivity contribution in [3.05, 3.63) is 32.6 Å². The SMILES string of the molecule is Cn1cc(C(=O)NCCOCCO)c(=O)n(C)c1=O. The smallest absolute Gasteiger partial charge is 0.330 e. The van der Waals surface area contributed by atoms with Crippen LogP contribution >= 0.6 is 0 Å². The standard InChI is InChI=1S/C11H17N3O5/c1-13-7-8(10(17)14(2)11(13)18)9(16)12-3-5-19-6-4-15/h7,15H,3-6H2,1-2H3,(H,12,16). The molecule has 0 spiro atoms. The number of amides is 1. The highest BCUT2D eigenvalue weighted by Crippen LogP contribution is 1.87. The van der Waals surface area contributed by atoms with E-state index in [4.69, 9.17) is 9.84 Å². The van der Waals surface area contributed by atoms with Crippen LogP contribution in [0.5, 0.6) is 0 Å². The molecule has 0 aromatic carbocycles. The van der Waals surface area contributed by atoms with Crippen LogP contribution in [-0.4, -0.2) is 46.5 Å². The van der Waals surface area contributed by atoms with Gasteiger partial charge < -0.3 is 19.7 Å². The van der Waals surface area contributed by atoms with Gasteiger partial charge in [-0.2, -0.15) is 0 Å². The van der Waals surface area contributed by atoms with E-state index >= 15 is 0 Å². The predicted octanol–water partition coefficient (Wildman–Crippen LogP) is -2.18. The number of nitrogens with one attached hydrogen (secondary N) is 1. The number of rotatable bonds is 6. The normalized spacial score (nSPS) is 10.5. The Morgan fingerprint density at radius 3 is 2.68 bits per heavy atom. The molecule has 2 N–H and O–H groups in total. The average molecular weight is 271 g/mol. The third-order valence-electron chi connectivity index (χ3n) is 2.46. The van der Waals surface area contributed by atoms with Gasteiger partial charge in [0, 0.05) is 26.8 Å². The van der Waals surface area contributed by atoms with Crippen molar-refractivity contribution in [2.24, 2.45) is 14.1 Å². The molecule has 0 saturated carbocycles. The molecule has 0 aliphatic carbocycles. The second-order valence-electron chi connectivity index (χ2n) is 3.89. The molecule has 8 heteroatoms. The molecule has 1 aromatic heterocycles. The zero-order valence-corrected chi connectivity index (χ0v) is 10.9. The number of nitrogens with zero attached hydrogens (tertiary/aromatic N) is 2. The summed E-state index contributed by atoms with van der Waals surface area (Å²) in [6.45, 7) is 0.552. The molecule has 0 saturated heterocycles. The Kier molecular flexibility index (Phi) is 5.46. The minimum atomic E-state index is -0.642. The lowest BCUT2D eigenvalue weighted by Crippen LogP contribution is -2.42. The van der Waals surface area contributed by atoms with Crippen LogP contribution in [0, 0.1) is 0 Å². The van der Waals surface area contributed by atoms with E-state index in [9.17, 15) is 14.4 Å². The van der Waals surface area contributed by atoms with Crippen molar-refractivity contribution >= 4 is 5.91 Å². The van der Waals surface area contributed by atoms with Gasteiger partial charge in [0.05, 0.1) is 19.8 Å². The van der Waals surface area contributed by atoms with Gasteiger partial charge in [-0.25, -0.2) is 4.79 Å². The second kappa shape index (κ2) is 6.86. The van der Waals surface area contributed by atoms with E-state index in [-0.39, 0.29) is 31.9 Å². The maximum atomic E-state index is 11.8. The van der Waals surface area contributed by atoms with Gasteiger partial charge in [-0.1, -0.05) is 0 Å². The van der Waals surface area contributed by atoms with Crippen LogP contribution in [0.3, 0.4) is 0 Å². The van der Waals surface area contributed by atoms with E-state index in [1.54, 1.807) is 0 Å². The highest BCUT2D eigenvalue weighted by Gasteiger charge is 2.13. The quantitative estimate of drug-likeness (QED) is 0.573. The summed E-state index contributed by atoms with van der Waals surface area (Å²) >= 11 is 0. The first-order chi connectivity index (χ1) is 8.99. The Hall–Kier alpha value is -1.93. The van der Waals surface area contributed by atoms with Crippen LogP contribution in [0.2, 0.25) is 0 Å². The zero-order chi connectivity index (χ0) is 14.4. The maximum absolute atomic E-state index is 11.8. The van der Waals surface area contributed by atoms with Gasteiger partial charge in [0.2, 0.25) is 0 Å². The Morgan fingerprint density at radius 2 is 2.05 bits per heavy atom. The number of carbonyl (C=O) groups excluding carboxylic acids is 1. The highest BCUT2D eigenvalue weighted by atomic mass is 16.5. The van der Waals surface area contributed by atoms with E-state index in [0.29, 0.717) is 0 Å². The summed E-state index contributed by atoms with van der Waals surface area (Å²) in [6.07, 6.45) is 1.20. The van der Waals surface area contributed by atoms with Crippen molar-refractivity contribution in [2.45, 2.75) is 0 Å². The number of hydrogen-bond donors (Lipinski definition) is 2. The molecule has 1 aromatic rings. The van der Waals surface area contributed by atoms with E-state index in [1.165, 1.54) is 24.9 Å². The monoisotopic (exact) mass is 271 g/mol. The summed E-state index contributed by atoms with van der Waals surface area (Å²) in [5, 5.41) is 11.0. The van der Waals surface area contributed by atoms with E-state index in [0.717, 1.165) is 4.57 Å². The number of hydrogen-bond acceptors (Lipinski definition) is 5. The van der Waals surface area contributed by atoms with Gasteiger partial charge in [-0.3, -0.25) is 14.2 Å². The predicted molar refractivity (Wildman–Crippen MR) is 67.2 cm³/mol. The topological polar surface area (TPSA) is 103 Å². The van der Waals surface area contributed by atoms with Gasteiger partial charge >= 0.3 is 5.69 Å².